The second kappa shape index (κ2) is 8.55. The Bertz CT molecular complexity index is 983. The van der Waals surface area contributed by atoms with Crippen LogP contribution in [-0.4, -0.2) is 31.1 Å². The van der Waals surface area contributed by atoms with Gasteiger partial charge in [-0.3, -0.25) is 4.79 Å². The van der Waals surface area contributed by atoms with Gasteiger partial charge in [0.2, 0.25) is 6.79 Å². The van der Waals surface area contributed by atoms with E-state index < -0.39 is 0 Å². The van der Waals surface area contributed by atoms with Crippen LogP contribution >= 0.6 is 0 Å². The normalized spacial score (nSPS) is 11.9. The van der Waals surface area contributed by atoms with Crippen molar-refractivity contribution in [2.24, 2.45) is 0 Å². The van der Waals surface area contributed by atoms with Gasteiger partial charge in [0.05, 0.1) is 13.2 Å². The molecule has 0 spiro atoms. The minimum absolute atomic E-state index is 0.0964. The number of carbonyl (C=O) groups excluding carboxylic acids is 1. The van der Waals surface area contributed by atoms with E-state index in [1.54, 1.807) is 30.3 Å². The number of rotatable bonds is 8. The highest BCUT2D eigenvalue weighted by Crippen LogP contribution is 2.36. The molecule has 3 aromatic rings. The summed E-state index contributed by atoms with van der Waals surface area (Å²) in [5, 5.41) is 6.74. The van der Waals surface area contributed by atoms with Gasteiger partial charge < -0.3 is 28.8 Å². The number of amides is 1. The first-order chi connectivity index (χ1) is 14.2. The Morgan fingerprint density at radius 1 is 1.03 bits per heavy atom. The zero-order valence-electron chi connectivity index (χ0n) is 15.8. The van der Waals surface area contributed by atoms with E-state index in [1.807, 2.05) is 25.1 Å². The van der Waals surface area contributed by atoms with E-state index in [-0.39, 0.29) is 25.9 Å². The summed E-state index contributed by atoms with van der Waals surface area (Å²) in [5.74, 6) is 3.04. The molecule has 8 heteroatoms. The van der Waals surface area contributed by atoms with Crippen LogP contribution in [0.5, 0.6) is 23.0 Å². The second-order valence-corrected chi connectivity index (χ2v) is 6.22. The van der Waals surface area contributed by atoms with E-state index in [9.17, 15) is 4.79 Å². The van der Waals surface area contributed by atoms with Crippen LogP contribution in [0.1, 0.15) is 12.6 Å². The number of nitrogens with one attached hydrogen (secondary N) is 1. The van der Waals surface area contributed by atoms with Crippen LogP contribution in [0.3, 0.4) is 0 Å². The molecule has 1 aliphatic heterocycles. The number of hydrogen-bond acceptors (Lipinski definition) is 7. The Morgan fingerprint density at radius 2 is 1.79 bits per heavy atom. The Hall–Kier alpha value is -3.68. The molecular weight excluding hydrogens is 376 g/mol. The quantitative estimate of drug-likeness (QED) is 0.625. The Morgan fingerprint density at radius 3 is 2.59 bits per heavy atom. The van der Waals surface area contributed by atoms with Gasteiger partial charge in [0.1, 0.15) is 17.2 Å². The third kappa shape index (κ3) is 4.60. The maximum atomic E-state index is 12.0. The van der Waals surface area contributed by atoms with E-state index in [2.05, 4.69) is 10.5 Å². The summed E-state index contributed by atoms with van der Waals surface area (Å²) in [6.07, 6.45) is 0. The molecule has 4 rings (SSSR count). The molecule has 8 nitrogen and oxygen atoms in total. The number of nitrogens with zero attached hydrogens (tertiary/aromatic N) is 1. The fourth-order valence-electron chi connectivity index (χ4n) is 2.77. The molecule has 2 heterocycles. The van der Waals surface area contributed by atoms with Gasteiger partial charge in [0.25, 0.3) is 5.91 Å². The Kier molecular flexibility index (Phi) is 5.51. The molecular formula is C21H20N2O6. The predicted molar refractivity (Wildman–Crippen MR) is 103 cm³/mol. The topological polar surface area (TPSA) is 92.1 Å². The molecule has 29 heavy (non-hydrogen) atoms. The highest BCUT2D eigenvalue weighted by molar-refractivity contribution is 5.77. The molecule has 0 atom stereocenters. The highest BCUT2D eigenvalue weighted by atomic mass is 16.7. The van der Waals surface area contributed by atoms with Gasteiger partial charge >= 0.3 is 0 Å². The molecule has 1 aliphatic rings. The maximum absolute atomic E-state index is 12.0. The molecule has 1 aromatic heterocycles. The van der Waals surface area contributed by atoms with E-state index in [0.717, 1.165) is 11.3 Å². The molecule has 150 valence electrons. The summed E-state index contributed by atoms with van der Waals surface area (Å²) in [6, 6.07) is 14.4. The SMILES string of the molecule is CCOc1ccc(OCC(=O)NCc2cc(-c3ccc4c(c3)OCO4)on2)cc1. The number of aromatic nitrogens is 1. The van der Waals surface area contributed by atoms with E-state index in [0.29, 0.717) is 35.3 Å². The molecule has 1 amide bonds. The monoisotopic (exact) mass is 396 g/mol. The van der Waals surface area contributed by atoms with Crippen molar-refractivity contribution in [2.75, 3.05) is 20.0 Å². The standard InChI is InChI=1S/C21H20N2O6/c1-2-25-16-4-6-17(7-5-16)26-12-21(24)22-11-15-10-19(29-23-15)14-3-8-18-20(9-14)28-13-27-18/h3-10H,2,11-13H2,1H3,(H,22,24). The van der Waals surface area contributed by atoms with Crippen LogP contribution in [0.15, 0.2) is 53.1 Å². The average molecular weight is 396 g/mol. The molecule has 0 unspecified atom stereocenters. The van der Waals surface area contributed by atoms with Gasteiger partial charge in [0, 0.05) is 11.6 Å². The summed E-state index contributed by atoms with van der Waals surface area (Å²) in [5.41, 5.74) is 1.42. The van der Waals surface area contributed by atoms with Crippen molar-refractivity contribution in [3.8, 4) is 34.3 Å². The zero-order chi connectivity index (χ0) is 20.1. The highest BCUT2D eigenvalue weighted by Gasteiger charge is 2.16. The predicted octanol–water partition coefficient (Wildman–Crippen LogP) is 3.16. The van der Waals surface area contributed by atoms with Gasteiger partial charge in [-0.15, -0.1) is 0 Å². The molecule has 2 aromatic carbocycles. The minimum atomic E-state index is -0.258. The summed E-state index contributed by atoms with van der Waals surface area (Å²) in [7, 11) is 0. The Balaban J connectivity index is 1.26. The van der Waals surface area contributed by atoms with E-state index in [1.165, 1.54) is 0 Å². The molecule has 0 bridgehead atoms. The van der Waals surface area contributed by atoms with Crippen molar-refractivity contribution in [1.29, 1.82) is 0 Å². The average Bonchev–Trinajstić information content (AvgIpc) is 3.40. The van der Waals surface area contributed by atoms with Gasteiger partial charge in [-0.25, -0.2) is 0 Å². The van der Waals surface area contributed by atoms with E-state index >= 15 is 0 Å². The molecule has 1 N–H and O–H groups in total. The molecule has 0 aliphatic carbocycles. The second-order valence-electron chi connectivity index (χ2n) is 6.22. The van der Waals surface area contributed by atoms with Crippen molar-refractivity contribution in [3.05, 3.63) is 54.2 Å². The lowest BCUT2D eigenvalue weighted by Gasteiger charge is -2.07. The van der Waals surface area contributed by atoms with Crippen molar-refractivity contribution in [3.63, 3.8) is 0 Å². The number of carbonyl (C=O) groups is 1. The third-order valence-corrected chi connectivity index (χ3v) is 4.19. The lowest BCUT2D eigenvalue weighted by molar-refractivity contribution is -0.123. The smallest absolute Gasteiger partial charge is 0.258 e. The van der Waals surface area contributed by atoms with Crippen LogP contribution in [-0.2, 0) is 11.3 Å². The van der Waals surface area contributed by atoms with Crippen molar-refractivity contribution >= 4 is 5.91 Å². The fourth-order valence-corrected chi connectivity index (χ4v) is 2.77. The first-order valence-electron chi connectivity index (χ1n) is 9.19. The first-order valence-corrected chi connectivity index (χ1v) is 9.19. The van der Waals surface area contributed by atoms with Gasteiger partial charge in [-0.1, -0.05) is 5.16 Å². The van der Waals surface area contributed by atoms with Crippen LogP contribution in [0.2, 0.25) is 0 Å². The minimum Gasteiger partial charge on any atom is -0.494 e. The zero-order valence-corrected chi connectivity index (χ0v) is 15.8. The molecule has 0 saturated carbocycles. The van der Waals surface area contributed by atoms with Gasteiger partial charge in [0.15, 0.2) is 23.9 Å². The van der Waals surface area contributed by atoms with Crippen molar-refractivity contribution in [1.82, 2.24) is 10.5 Å². The summed E-state index contributed by atoms with van der Waals surface area (Å²) >= 11 is 0. The number of fused-ring (bicyclic) bond motifs is 1. The summed E-state index contributed by atoms with van der Waals surface area (Å²) in [4.78, 5) is 12.0. The molecule has 0 radical (unpaired) electrons. The largest absolute Gasteiger partial charge is 0.494 e. The number of hydrogen-bond donors (Lipinski definition) is 1. The molecule has 0 saturated heterocycles. The first kappa shape index (κ1) is 18.7. The summed E-state index contributed by atoms with van der Waals surface area (Å²) < 4.78 is 26.9. The van der Waals surface area contributed by atoms with E-state index in [4.69, 9.17) is 23.5 Å². The fraction of sp³-hybridized carbons (Fsp3) is 0.238. The van der Waals surface area contributed by atoms with Crippen molar-refractivity contribution in [2.45, 2.75) is 13.5 Å². The third-order valence-electron chi connectivity index (χ3n) is 4.19. The lowest BCUT2D eigenvalue weighted by atomic mass is 10.1. The van der Waals surface area contributed by atoms with Crippen LogP contribution in [0.4, 0.5) is 0 Å². The van der Waals surface area contributed by atoms with Crippen LogP contribution in [0.25, 0.3) is 11.3 Å². The maximum Gasteiger partial charge on any atom is 0.258 e. The molecule has 0 fully saturated rings. The van der Waals surface area contributed by atoms with Crippen molar-refractivity contribution < 1.29 is 28.3 Å². The van der Waals surface area contributed by atoms with Crippen LogP contribution < -0.4 is 24.3 Å². The number of benzene rings is 2. The number of ether oxygens (including phenoxy) is 4. The lowest BCUT2D eigenvalue weighted by Crippen LogP contribution is -2.28. The van der Waals surface area contributed by atoms with Crippen LogP contribution in [0, 0.1) is 0 Å². The van der Waals surface area contributed by atoms with Gasteiger partial charge in [-0.05, 0) is 49.4 Å². The summed E-state index contributed by atoms with van der Waals surface area (Å²) in [6.45, 7) is 2.87. The van der Waals surface area contributed by atoms with Gasteiger partial charge in [-0.2, -0.15) is 0 Å². The Labute approximate surface area is 167 Å².